The lowest BCUT2D eigenvalue weighted by Crippen LogP contribution is -2.24. The number of alkyl halides is 2. The van der Waals surface area contributed by atoms with E-state index in [0.29, 0.717) is 18.6 Å². The third kappa shape index (κ3) is 5.18. The molecule has 0 N–H and O–H groups in total. The highest BCUT2D eigenvalue weighted by Crippen LogP contribution is 2.26. The largest absolute Gasteiger partial charge is 0.482 e. The Hall–Kier alpha value is -2.17. The molecule has 130 valence electrons. The Labute approximate surface area is 140 Å². The number of esters is 1. The van der Waals surface area contributed by atoms with Gasteiger partial charge in [-0.15, -0.1) is 0 Å². The number of carbonyl (C=O) groups excluding carboxylic acids is 1. The second-order valence-corrected chi connectivity index (χ2v) is 6.10. The average Bonchev–Trinajstić information content (AvgIpc) is 2.56. The first kappa shape index (κ1) is 18.2. The van der Waals surface area contributed by atoms with Gasteiger partial charge in [0.1, 0.15) is 5.75 Å². The Bertz CT molecular complexity index is 707. The van der Waals surface area contributed by atoms with Crippen molar-refractivity contribution in [3.63, 3.8) is 0 Å². The van der Waals surface area contributed by atoms with Crippen LogP contribution in [0.2, 0.25) is 0 Å². The van der Waals surface area contributed by atoms with Crippen LogP contribution in [0.1, 0.15) is 38.7 Å². The quantitative estimate of drug-likeness (QED) is 0.673. The molecule has 0 heterocycles. The van der Waals surface area contributed by atoms with Gasteiger partial charge >= 0.3 is 5.97 Å². The van der Waals surface area contributed by atoms with Crippen LogP contribution in [-0.4, -0.2) is 25.1 Å². The Morgan fingerprint density at radius 3 is 2.50 bits per heavy atom. The maximum Gasteiger partial charge on any atom is 0.344 e. The highest BCUT2D eigenvalue weighted by atomic mass is 19.3. The molecule has 0 saturated heterocycles. The monoisotopic (exact) mass is 336 g/mol. The number of rotatable bonds is 7. The van der Waals surface area contributed by atoms with Gasteiger partial charge in [-0.25, -0.2) is 13.6 Å². The number of ether oxygens (including phenoxy) is 2. The van der Waals surface area contributed by atoms with Crippen LogP contribution in [0.4, 0.5) is 8.78 Å². The first-order valence-electron chi connectivity index (χ1n) is 7.98. The Morgan fingerprint density at radius 2 is 1.83 bits per heavy atom. The summed E-state index contributed by atoms with van der Waals surface area (Å²) in [7, 11) is 0. The van der Waals surface area contributed by atoms with E-state index in [1.54, 1.807) is 6.07 Å². The summed E-state index contributed by atoms with van der Waals surface area (Å²) >= 11 is 0. The van der Waals surface area contributed by atoms with Crippen molar-refractivity contribution < 1.29 is 23.0 Å². The van der Waals surface area contributed by atoms with Gasteiger partial charge < -0.3 is 9.47 Å². The van der Waals surface area contributed by atoms with Crippen LogP contribution >= 0.6 is 0 Å². The van der Waals surface area contributed by atoms with Crippen molar-refractivity contribution in [2.24, 2.45) is 0 Å². The van der Waals surface area contributed by atoms with Gasteiger partial charge in [-0.05, 0) is 40.8 Å². The van der Waals surface area contributed by atoms with Gasteiger partial charge in [-0.3, -0.25) is 0 Å². The van der Waals surface area contributed by atoms with Crippen LogP contribution < -0.4 is 4.74 Å². The smallest absolute Gasteiger partial charge is 0.344 e. The van der Waals surface area contributed by atoms with Crippen LogP contribution in [0, 0.1) is 0 Å². The van der Waals surface area contributed by atoms with Crippen molar-refractivity contribution in [1.29, 1.82) is 0 Å². The molecule has 3 nitrogen and oxygen atoms in total. The minimum absolute atomic E-state index is 0.396. The summed E-state index contributed by atoms with van der Waals surface area (Å²) in [5.41, 5.74) is 1.28. The number of fused-ring (bicyclic) bond motifs is 1. The molecule has 0 aliphatic rings. The van der Waals surface area contributed by atoms with Crippen molar-refractivity contribution in [2.75, 3.05) is 13.2 Å². The van der Waals surface area contributed by atoms with Crippen molar-refractivity contribution in [2.45, 2.75) is 39.0 Å². The molecule has 0 aromatic heterocycles. The second kappa shape index (κ2) is 7.60. The minimum atomic E-state index is -3.04. The summed E-state index contributed by atoms with van der Waals surface area (Å²) in [6, 6.07) is 11.7. The van der Waals surface area contributed by atoms with Crippen LogP contribution in [0.5, 0.6) is 5.75 Å². The topological polar surface area (TPSA) is 35.5 Å². The molecule has 0 amide bonds. The Morgan fingerprint density at radius 1 is 1.17 bits per heavy atom. The van der Waals surface area contributed by atoms with Crippen LogP contribution in [0.3, 0.4) is 0 Å². The van der Waals surface area contributed by atoms with E-state index < -0.39 is 25.1 Å². The van der Waals surface area contributed by atoms with Gasteiger partial charge in [0.25, 0.3) is 5.92 Å². The maximum absolute atomic E-state index is 12.6. The van der Waals surface area contributed by atoms with Crippen molar-refractivity contribution >= 4 is 16.7 Å². The van der Waals surface area contributed by atoms with Gasteiger partial charge in [0.2, 0.25) is 0 Å². The molecule has 0 radical (unpaired) electrons. The van der Waals surface area contributed by atoms with Crippen LogP contribution in [0.25, 0.3) is 10.8 Å². The van der Waals surface area contributed by atoms with Gasteiger partial charge in [0, 0.05) is 6.92 Å². The van der Waals surface area contributed by atoms with E-state index in [0.717, 1.165) is 17.2 Å². The number of hydrogen-bond donors (Lipinski definition) is 0. The molecule has 5 heteroatoms. The summed E-state index contributed by atoms with van der Waals surface area (Å²) in [6.07, 6.45) is 1.08. The highest BCUT2D eigenvalue weighted by Gasteiger charge is 2.23. The van der Waals surface area contributed by atoms with Crippen molar-refractivity contribution in [3.8, 4) is 5.75 Å². The second-order valence-electron chi connectivity index (χ2n) is 6.10. The molecule has 0 spiro atoms. The highest BCUT2D eigenvalue weighted by molar-refractivity contribution is 5.84. The lowest BCUT2D eigenvalue weighted by atomic mass is 9.96. The number of halogens is 2. The predicted octanol–water partition coefficient (Wildman–Crippen LogP) is 4.93. The van der Waals surface area contributed by atoms with Gasteiger partial charge in [-0.2, -0.15) is 0 Å². The summed E-state index contributed by atoms with van der Waals surface area (Å²) in [6.45, 7) is 3.69. The molecule has 1 atom stereocenters. The third-order valence-electron chi connectivity index (χ3n) is 3.86. The van der Waals surface area contributed by atoms with E-state index in [-0.39, 0.29) is 0 Å². The number of hydrogen-bond acceptors (Lipinski definition) is 3. The van der Waals surface area contributed by atoms with E-state index >= 15 is 0 Å². The molecule has 2 aromatic rings. The lowest BCUT2D eigenvalue weighted by molar-refractivity contribution is -0.155. The van der Waals surface area contributed by atoms with E-state index in [1.807, 2.05) is 18.2 Å². The predicted molar refractivity (Wildman–Crippen MR) is 89.7 cm³/mol. The Balaban J connectivity index is 1.99. The molecule has 0 aliphatic carbocycles. The molecule has 0 fully saturated rings. The van der Waals surface area contributed by atoms with Gasteiger partial charge in [0.15, 0.2) is 13.2 Å². The van der Waals surface area contributed by atoms with Crippen LogP contribution in [-0.2, 0) is 9.53 Å². The van der Waals surface area contributed by atoms with E-state index in [4.69, 9.17) is 4.74 Å². The number of carbonyl (C=O) groups is 1. The fraction of sp³-hybridized carbons (Fsp3) is 0.421. The zero-order valence-corrected chi connectivity index (χ0v) is 14.1. The molecule has 1 unspecified atom stereocenters. The molecule has 0 saturated carbocycles. The van der Waals surface area contributed by atoms with Crippen molar-refractivity contribution in [1.82, 2.24) is 0 Å². The molecular weight excluding hydrogens is 314 g/mol. The van der Waals surface area contributed by atoms with E-state index in [9.17, 15) is 13.6 Å². The molecule has 2 aromatic carbocycles. The van der Waals surface area contributed by atoms with E-state index in [1.165, 1.54) is 5.56 Å². The summed E-state index contributed by atoms with van der Waals surface area (Å²) in [4.78, 5) is 11.4. The van der Waals surface area contributed by atoms with Gasteiger partial charge in [-0.1, -0.05) is 38.1 Å². The third-order valence-corrected chi connectivity index (χ3v) is 3.86. The Kier molecular flexibility index (Phi) is 5.75. The zero-order chi connectivity index (χ0) is 17.7. The lowest BCUT2D eigenvalue weighted by Gasteiger charge is -2.12. The normalized spacial score (nSPS) is 12.9. The molecule has 24 heavy (non-hydrogen) atoms. The van der Waals surface area contributed by atoms with E-state index in [2.05, 4.69) is 30.7 Å². The molecule has 0 aliphatic heterocycles. The number of benzene rings is 2. The fourth-order valence-electron chi connectivity index (χ4n) is 2.27. The molecule has 0 bridgehead atoms. The van der Waals surface area contributed by atoms with Crippen LogP contribution in [0.15, 0.2) is 36.4 Å². The first-order chi connectivity index (χ1) is 11.3. The van der Waals surface area contributed by atoms with Gasteiger partial charge in [0.05, 0.1) is 0 Å². The van der Waals surface area contributed by atoms with Crippen molar-refractivity contribution in [3.05, 3.63) is 42.0 Å². The summed E-state index contributed by atoms with van der Waals surface area (Å²) in [5.74, 6) is -2.86. The zero-order valence-electron chi connectivity index (χ0n) is 14.1. The summed E-state index contributed by atoms with van der Waals surface area (Å²) in [5, 5.41) is 2.08. The standard InChI is InChI=1S/C19H22F2O3/c1-4-13(2)14-5-6-16-10-17(8-7-15(16)9-14)23-11-18(22)24-12-19(3,20)21/h5-10,13H,4,11-12H2,1-3H3. The molecule has 2 rings (SSSR count). The first-order valence-corrected chi connectivity index (χ1v) is 7.98. The average molecular weight is 336 g/mol. The molecular formula is C19H22F2O3. The minimum Gasteiger partial charge on any atom is -0.482 e. The summed E-state index contributed by atoms with van der Waals surface area (Å²) < 4.78 is 35.0. The maximum atomic E-state index is 12.6. The fourth-order valence-corrected chi connectivity index (χ4v) is 2.27. The SMILES string of the molecule is CCC(C)c1ccc2cc(OCC(=O)OCC(C)(F)F)ccc2c1.